The van der Waals surface area contributed by atoms with E-state index in [1.807, 2.05) is 6.07 Å². The van der Waals surface area contributed by atoms with Crippen molar-refractivity contribution in [3.05, 3.63) is 100 Å². The maximum Gasteiger partial charge on any atom is 0.241 e. The van der Waals surface area contributed by atoms with Gasteiger partial charge in [-0.2, -0.15) is 0 Å². The van der Waals surface area contributed by atoms with E-state index in [0.717, 1.165) is 4.90 Å². The van der Waals surface area contributed by atoms with Crippen LogP contribution in [0.25, 0.3) is 0 Å². The first-order valence-electron chi connectivity index (χ1n) is 10.9. The first-order valence-corrected chi connectivity index (χ1v) is 11.3. The molecule has 1 spiro atoms. The Morgan fingerprint density at radius 1 is 0.794 bits per heavy atom. The molecule has 0 unspecified atom stereocenters. The number of imide groups is 1. The van der Waals surface area contributed by atoms with Crippen molar-refractivity contribution in [3.8, 4) is 0 Å². The molecule has 6 nitrogen and oxygen atoms in total. The van der Waals surface area contributed by atoms with Crippen LogP contribution in [0.4, 0.5) is 5.69 Å². The Morgan fingerprint density at radius 2 is 1.41 bits per heavy atom. The van der Waals surface area contributed by atoms with E-state index in [1.165, 1.54) is 0 Å². The number of rotatable bonds is 2. The lowest BCUT2D eigenvalue weighted by Crippen LogP contribution is -2.51. The third-order valence-electron chi connectivity index (χ3n) is 7.13. The molecule has 1 aliphatic carbocycles. The van der Waals surface area contributed by atoms with Gasteiger partial charge in [0.1, 0.15) is 0 Å². The van der Waals surface area contributed by atoms with Gasteiger partial charge in [0.15, 0.2) is 0 Å². The van der Waals surface area contributed by atoms with Gasteiger partial charge in [-0.05, 0) is 30.2 Å². The van der Waals surface area contributed by atoms with E-state index in [0.29, 0.717) is 21.8 Å². The smallest absolute Gasteiger partial charge is 0.241 e. The van der Waals surface area contributed by atoms with Crippen molar-refractivity contribution in [2.45, 2.75) is 18.6 Å². The van der Waals surface area contributed by atoms with Crippen molar-refractivity contribution >= 4 is 40.7 Å². The van der Waals surface area contributed by atoms with E-state index >= 15 is 0 Å². The van der Waals surface area contributed by atoms with Crippen molar-refractivity contribution < 1.29 is 23.9 Å². The van der Waals surface area contributed by atoms with Gasteiger partial charge in [-0.3, -0.25) is 19.2 Å². The molecule has 0 bridgehead atoms. The number of carbonyl (C=O) groups is 4. The lowest BCUT2D eigenvalue weighted by molar-refractivity contribution is -0.127. The zero-order valence-corrected chi connectivity index (χ0v) is 18.8. The van der Waals surface area contributed by atoms with Gasteiger partial charge in [-0.15, -0.1) is 0 Å². The van der Waals surface area contributed by atoms with Crippen LogP contribution in [-0.2, 0) is 14.3 Å². The third kappa shape index (κ3) is 2.50. The van der Waals surface area contributed by atoms with Gasteiger partial charge < -0.3 is 4.74 Å². The van der Waals surface area contributed by atoms with Crippen LogP contribution in [0.15, 0.2) is 72.8 Å². The quantitative estimate of drug-likeness (QED) is 0.410. The number of amides is 2. The molecule has 3 aromatic rings. The number of fused-ring (bicyclic) bond motifs is 3. The van der Waals surface area contributed by atoms with Crippen LogP contribution in [0.3, 0.4) is 0 Å². The highest BCUT2D eigenvalue weighted by atomic mass is 35.5. The highest BCUT2D eigenvalue weighted by molar-refractivity contribution is 6.37. The third-order valence-corrected chi connectivity index (χ3v) is 7.54. The summed E-state index contributed by atoms with van der Waals surface area (Å²) in [6.45, 7) is 1.72. The molecule has 2 amide bonds. The minimum absolute atomic E-state index is 0.206. The molecule has 7 heteroatoms. The van der Waals surface area contributed by atoms with E-state index in [9.17, 15) is 19.2 Å². The van der Waals surface area contributed by atoms with Gasteiger partial charge in [-0.1, -0.05) is 72.3 Å². The molecule has 2 fully saturated rings. The molecule has 0 saturated carbocycles. The molecule has 6 rings (SSSR count). The lowest BCUT2D eigenvalue weighted by atomic mass is 9.77. The van der Waals surface area contributed by atoms with Crippen LogP contribution < -0.4 is 4.90 Å². The number of hydrogen-bond acceptors (Lipinski definition) is 5. The van der Waals surface area contributed by atoms with Gasteiger partial charge in [0.2, 0.25) is 29.0 Å². The number of ether oxygens (including phenoxy) is 1. The average Bonchev–Trinajstić information content (AvgIpc) is 3.42. The second-order valence-corrected chi connectivity index (χ2v) is 9.20. The number of ketones is 2. The van der Waals surface area contributed by atoms with Gasteiger partial charge in [0, 0.05) is 16.1 Å². The van der Waals surface area contributed by atoms with Crippen LogP contribution in [0.1, 0.15) is 37.9 Å². The first kappa shape index (κ1) is 21.0. The topological polar surface area (TPSA) is 80.8 Å². The molecular weight excluding hydrogens is 454 g/mol. The Bertz CT molecular complexity index is 1380. The summed E-state index contributed by atoms with van der Waals surface area (Å²) >= 11 is 6.28. The predicted molar refractivity (Wildman–Crippen MR) is 124 cm³/mol. The van der Waals surface area contributed by atoms with Crippen molar-refractivity contribution in [3.63, 3.8) is 0 Å². The lowest BCUT2D eigenvalue weighted by Gasteiger charge is -2.27. The molecule has 3 aromatic carbocycles. The summed E-state index contributed by atoms with van der Waals surface area (Å²) < 4.78 is 6.26. The molecule has 2 saturated heterocycles. The van der Waals surface area contributed by atoms with E-state index in [2.05, 4.69) is 0 Å². The molecule has 2 aliphatic heterocycles. The van der Waals surface area contributed by atoms with Crippen LogP contribution >= 0.6 is 11.6 Å². The molecule has 3 aliphatic rings. The first-order chi connectivity index (χ1) is 16.4. The number of anilines is 1. The Morgan fingerprint density at radius 3 is 2.06 bits per heavy atom. The normalized spacial score (nSPS) is 24.8. The molecule has 3 atom stereocenters. The van der Waals surface area contributed by atoms with Gasteiger partial charge in [-0.25, -0.2) is 4.90 Å². The molecular formula is C27H18ClNO5. The number of hydrogen-bond donors (Lipinski definition) is 0. The van der Waals surface area contributed by atoms with Crippen LogP contribution in [0.5, 0.6) is 0 Å². The summed E-state index contributed by atoms with van der Waals surface area (Å²) in [5, 5.41) is 0.404. The van der Waals surface area contributed by atoms with Gasteiger partial charge in [0.05, 0.1) is 23.6 Å². The second kappa shape index (κ2) is 7.19. The van der Waals surface area contributed by atoms with Gasteiger partial charge in [0.25, 0.3) is 0 Å². The summed E-state index contributed by atoms with van der Waals surface area (Å²) in [4.78, 5) is 56.3. The highest BCUT2D eigenvalue weighted by Crippen LogP contribution is 2.57. The van der Waals surface area contributed by atoms with E-state index in [4.69, 9.17) is 16.3 Å². The minimum Gasteiger partial charge on any atom is -0.349 e. The maximum absolute atomic E-state index is 13.9. The molecule has 0 radical (unpaired) electrons. The molecule has 2 heterocycles. The van der Waals surface area contributed by atoms with Crippen LogP contribution in [0.2, 0.25) is 5.02 Å². The number of Topliss-reactive ketones (excluding diaryl/α,β-unsaturated/α-hetero) is 2. The number of halogens is 1. The van der Waals surface area contributed by atoms with Crippen LogP contribution in [-0.4, -0.2) is 29.0 Å². The molecule has 0 aromatic heterocycles. The fraction of sp³-hybridized carbons (Fsp3) is 0.185. The van der Waals surface area contributed by atoms with Crippen molar-refractivity contribution in [1.82, 2.24) is 0 Å². The van der Waals surface area contributed by atoms with Crippen LogP contribution in [0, 0.1) is 18.8 Å². The number of benzene rings is 3. The molecule has 168 valence electrons. The number of nitrogens with zero attached hydrogens (tertiary/aromatic N) is 1. The maximum atomic E-state index is 13.9. The average molecular weight is 472 g/mol. The summed E-state index contributed by atoms with van der Waals surface area (Å²) in [6.07, 6.45) is -0.936. The predicted octanol–water partition coefficient (Wildman–Crippen LogP) is 4.34. The van der Waals surface area contributed by atoms with Crippen molar-refractivity contribution in [2.75, 3.05) is 4.90 Å². The Labute approximate surface area is 200 Å². The van der Waals surface area contributed by atoms with E-state index in [1.54, 1.807) is 73.7 Å². The summed E-state index contributed by atoms with van der Waals surface area (Å²) in [7, 11) is 0. The zero-order valence-electron chi connectivity index (χ0n) is 18.0. The molecule has 34 heavy (non-hydrogen) atoms. The van der Waals surface area contributed by atoms with Crippen molar-refractivity contribution in [1.29, 1.82) is 0 Å². The fourth-order valence-corrected chi connectivity index (χ4v) is 5.71. The minimum atomic E-state index is -2.08. The van der Waals surface area contributed by atoms with E-state index in [-0.39, 0.29) is 11.1 Å². The summed E-state index contributed by atoms with van der Waals surface area (Å²) in [6, 6.07) is 20.3. The van der Waals surface area contributed by atoms with Gasteiger partial charge >= 0.3 is 0 Å². The Kier molecular flexibility index (Phi) is 4.43. The SMILES string of the molecule is Cc1c(Cl)cccc1N1C(=O)[C@H]2[C@@H](C1=O)C1(O[C@H]2c2ccccc2)C(=O)c2ccccc2C1=O. The number of carbonyl (C=O) groups excluding carboxylic acids is 4. The highest BCUT2D eigenvalue weighted by Gasteiger charge is 2.74. The summed E-state index contributed by atoms with van der Waals surface area (Å²) in [5.41, 5.74) is -0.145. The fourth-order valence-electron chi connectivity index (χ4n) is 5.54. The Balaban J connectivity index is 1.57. The zero-order chi connectivity index (χ0) is 23.8. The standard InChI is InChI=1S/C27H18ClNO5/c1-14-18(28)12-7-13-19(14)29-25(32)20-21(26(29)33)27(34-22(20)15-8-3-2-4-9-15)23(30)16-10-5-6-11-17(16)24(27)31/h2-13,20-22H,1H3/t20-,21-,22-/m0/s1. The second-order valence-electron chi connectivity index (χ2n) is 8.79. The summed E-state index contributed by atoms with van der Waals surface area (Å²) in [5.74, 6) is -4.61. The van der Waals surface area contributed by atoms with E-state index < -0.39 is 46.9 Å². The Hall–Kier alpha value is -3.61. The molecule has 0 N–H and O–H groups in total. The largest absolute Gasteiger partial charge is 0.349 e. The monoisotopic (exact) mass is 471 g/mol. The van der Waals surface area contributed by atoms with Crippen molar-refractivity contribution in [2.24, 2.45) is 11.8 Å².